The highest BCUT2D eigenvalue weighted by Gasteiger charge is 2.28. The number of carbonyl (C=O) groups excluding carboxylic acids is 1. The number of allylic oxidation sites excluding steroid dienone is 1. The number of carboxylic acids is 1. The van der Waals surface area contributed by atoms with Gasteiger partial charge in [0.1, 0.15) is 23.0 Å². The molecule has 27 heavy (non-hydrogen) atoms. The van der Waals surface area contributed by atoms with Gasteiger partial charge in [0.15, 0.2) is 11.9 Å². The van der Waals surface area contributed by atoms with Gasteiger partial charge in [0.05, 0.1) is 19.8 Å². The van der Waals surface area contributed by atoms with E-state index < -0.39 is 12.1 Å². The number of ketones is 1. The van der Waals surface area contributed by atoms with Gasteiger partial charge in [-0.3, -0.25) is 4.79 Å². The summed E-state index contributed by atoms with van der Waals surface area (Å²) in [5, 5.41) is 8.93. The van der Waals surface area contributed by atoms with E-state index in [0.717, 1.165) is 0 Å². The van der Waals surface area contributed by atoms with Crippen molar-refractivity contribution < 1.29 is 33.6 Å². The molecule has 1 aliphatic rings. The zero-order valence-electron chi connectivity index (χ0n) is 15.0. The van der Waals surface area contributed by atoms with Gasteiger partial charge < -0.3 is 24.1 Å². The molecule has 7 nitrogen and oxygen atoms in total. The molecule has 2 aromatic carbocycles. The summed E-state index contributed by atoms with van der Waals surface area (Å²) < 4.78 is 21.5. The number of methoxy groups -OCH3 is 2. The Morgan fingerprint density at radius 3 is 2.52 bits per heavy atom. The van der Waals surface area contributed by atoms with E-state index in [1.54, 1.807) is 37.5 Å². The molecule has 1 heterocycles. The molecule has 0 radical (unpaired) electrons. The predicted octanol–water partition coefficient (Wildman–Crippen LogP) is 3.17. The number of rotatable bonds is 6. The lowest BCUT2D eigenvalue weighted by Crippen LogP contribution is -2.22. The lowest BCUT2D eigenvalue weighted by atomic mass is 10.1. The Kier molecular flexibility index (Phi) is 5.03. The van der Waals surface area contributed by atoms with Crippen molar-refractivity contribution >= 4 is 17.8 Å². The fraction of sp³-hybridized carbons (Fsp3) is 0.200. The smallest absolute Gasteiger partial charge is 0.344 e. The van der Waals surface area contributed by atoms with E-state index in [1.807, 2.05) is 0 Å². The molecular formula is C20H18O7. The first-order chi connectivity index (χ1) is 12.9. The van der Waals surface area contributed by atoms with Crippen molar-refractivity contribution in [2.75, 3.05) is 14.2 Å². The maximum Gasteiger partial charge on any atom is 0.344 e. The molecule has 1 atom stereocenters. The summed E-state index contributed by atoms with van der Waals surface area (Å²) in [6, 6.07) is 9.80. The molecule has 0 saturated heterocycles. The summed E-state index contributed by atoms with van der Waals surface area (Å²) in [4.78, 5) is 23.5. The van der Waals surface area contributed by atoms with Crippen LogP contribution >= 0.6 is 0 Å². The average Bonchev–Trinajstić information content (AvgIpc) is 2.97. The van der Waals surface area contributed by atoms with Crippen LogP contribution in [-0.2, 0) is 4.79 Å². The lowest BCUT2D eigenvalue weighted by Gasteiger charge is -2.10. The summed E-state index contributed by atoms with van der Waals surface area (Å²) in [7, 11) is 3.08. The number of benzene rings is 2. The normalized spacial score (nSPS) is 15.1. The summed E-state index contributed by atoms with van der Waals surface area (Å²) in [6.45, 7) is 1.42. The highest BCUT2D eigenvalue weighted by molar-refractivity contribution is 6.14. The molecule has 0 fully saturated rings. The molecule has 0 aromatic heterocycles. The van der Waals surface area contributed by atoms with E-state index in [9.17, 15) is 9.59 Å². The fourth-order valence-electron chi connectivity index (χ4n) is 2.57. The van der Waals surface area contributed by atoms with Crippen molar-refractivity contribution in [1.29, 1.82) is 0 Å². The Morgan fingerprint density at radius 2 is 1.85 bits per heavy atom. The number of aliphatic carboxylic acids is 1. The van der Waals surface area contributed by atoms with Crippen molar-refractivity contribution in [2.45, 2.75) is 13.0 Å². The van der Waals surface area contributed by atoms with Crippen LogP contribution in [0.3, 0.4) is 0 Å². The van der Waals surface area contributed by atoms with E-state index in [-0.39, 0.29) is 11.5 Å². The van der Waals surface area contributed by atoms with Crippen LogP contribution in [0.4, 0.5) is 0 Å². The Hall–Kier alpha value is -3.48. The lowest BCUT2D eigenvalue weighted by molar-refractivity contribution is -0.144. The highest BCUT2D eigenvalue weighted by Crippen LogP contribution is 2.36. The molecule has 0 saturated carbocycles. The van der Waals surface area contributed by atoms with Crippen molar-refractivity contribution in [2.24, 2.45) is 0 Å². The SMILES string of the molecule is COc1ccc(C=C2Oc3cc(O[C@@H](C)C(=O)O)ccc3C2=O)c(OC)c1. The minimum absolute atomic E-state index is 0.136. The van der Waals surface area contributed by atoms with Crippen molar-refractivity contribution in [3.63, 3.8) is 0 Å². The molecule has 0 spiro atoms. The Bertz CT molecular complexity index is 930. The molecule has 0 unspecified atom stereocenters. The first-order valence-electron chi connectivity index (χ1n) is 8.12. The molecule has 0 bridgehead atoms. The highest BCUT2D eigenvalue weighted by atomic mass is 16.5. The molecular weight excluding hydrogens is 352 g/mol. The quantitative estimate of drug-likeness (QED) is 0.781. The van der Waals surface area contributed by atoms with Gasteiger partial charge in [-0.15, -0.1) is 0 Å². The second kappa shape index (κ2) is 7.41. The zero-order chi connectivity index (χ0) is 19.6. The van der Waals surface area contributed by atoms with Gasteiger partial charge in [-0.2, -0.15) is 0 Å². The number of carbonyl (C=O) groups is 2. The van der Waals surface area contributed by atoms with Gasteiger partial charge in [-0.1, -0.05) is 0 Å². The summed E-state index contributed by atoms with van der Waals surface area (Å²) in [6.07, 6.45) is 0.569. The van der Waals surface area contributed by atoms with Crippen LogP contribution in [0.2, 0.25) is 0 Å². The Morgan fingerprint density at radius 1 is 1.11 bits per heavy atom. The van der Waals surface area contributed by atoms with Gasteiger partial charge in [-0.25, -0.2) is 4.79 Å². The van der Waals surface area contributed by atoms with Gasteiger partial charge in [-0.05, 0) is 37.3 Å². The number of ether oxygens (including phenoxy) is 4. The minimum atomic E-state index is -1.08. The first kappa shape index (κ1) is 18.3. The third kappa shape index (κ3) is 3.72. The third-order valence-corrected chi connectivity index (χ3v) is 4.03. The topological polar surface area (TPSA) is 91.3 Å². The van der Waals surface area contributed by atoms with Crippen LogP contribution in [0, 0.1) is 0 Å². The summed E-state index contributed by atoms with van der Waals surface area (Å²) in [5.41, 5.74) is 1.04. The maximum absolute atomic E-state index is 12.6. The molecule has 0 aliphatic carbocycles. The van der Waals surface area contributed by atoms with Crippen LogP contribution in [0.5, 0.6) is 23.0 Å². The van der Waals surface area contributed by atoms with Crippen molar-refractivity contribution in [1.82, 2.24) is 0 Å². The van der Waals surface area contributed by atoms with E-state index in [2.05, 4.69) is 0 Å². The molecule has 2 aromatic rings. The largest absolute Gasteiger partial charge is 0.497 e. The number of Topliss-reactive ketones (excluding diaryl/α,β-unsaturated/α-hetero) is 1. The van der Waals surface area contributed by atoms with Crippen LogP contribution in [0.25, 0.3) is 6.08 Å². The second-order valence-electron chi connectivity index (χ2n) is 5.80. The van der Waals surface area contributed by atoms with E-state index >= 15 is 0 Å². The number of carboxylic acid groups (broad SMARTS) is 1. The monoisotopic (exact) mass is 370 g/mol. The van der Waals surface area contributed by atoms with Gasteiger partial charge in [0.25, 0.3) is 0 Å². The first-order valence-corrected chi connectivity index (χ1v) is 8.12. The Balaban J connectivity index is 1.88. The van der Waals surface area contributed by atoms with Gasteiger partial charge in [0.2, 0.25) is 5.78 Å². The number of hydrogen-bond acceptors (Lipinski definition) is 6. The molecule has 3 rings (SSSR count). The minimum Gasteiger partial charge on any atom is -0.497 e. The molecule has 1 aliphatic heterocycles. The maximum atomic E-state index is 12.6. The average molecular weight is 370 g/mol. The van der Waals surface area contributed by atoms with Crippen LogP contribution in [-0.4, -0.2) is 37.2 Å². The molecule has 0 amide bonds. The number of hydrogen-bond donors (Lipinski definition) is 1. The van der Waals surface area contributed by atoms with E-state index in [1.165, 1.54) is 26.2 Å². The van der Waals surface area contributed by atoms with Gasteiger partial charge >= 0.3 is 5.97 Å². The summed E-state index contributed by atoms with van der Waals surface area (Å²) >= 11 is 0. The Labute approximate surface area is 155 Å². The standard InChI is InChI=1S/C20H18O7/c1-11(20(22)23)26-14-6-7-15-17(10-14)27-18(19(15)21)8-12-4-5-13(24-2)9-16(12)25-3/h4-11H,1-3H3,(H,22,23)/t11-/m0/s1. The van der Waals surface area contributed by atoms with Crippen LogP contribution in [0.1, 0.15) is 22.8 Å². The summed E-state index contributed by atoms with van der Waals surface area (Å²) in [5.74, 6) is 0.560. The van der Waals surface area contributed by atoms with E-state index in [4.69, 9.17) is 24.1 Å². The number of fused-ring (bicyclic) bond motifs is 1. The fourth-order valence-corrected chi connectivity index (χ4v) is 2.57. The van der Waals surface area contributed by atoms with Crippen molar-refractivity contribution in [3.8, 4) is 23.0 Å². The predicted molar refractivity (Wildman–Crippen MR) is 96.6 cm³/mol. The van der Waals surface area contributed by atoms with Crippen LogP contribution < -0.4 is 18.9 Å². The van der Waals surface area contributed by atoms with Gasteiger partial charge in [0, 0.05) is 17.7 Å². The third-order valence-electron chi connectivity index (χ3n) is 4.03. The van der Waals surface area contributed by atoms with Crippen molar-refractivity contribution in [3.05, 3.63) is 53.3 Å². The van der Waals surface area contributed by atoms with Crippen LogP contribution in [0.15, 0.2) is 42.2 Å². The molecule has 7 heteroatoms. The second-order valence-corrected chi connectivity index (χ2v) is 5.80. The van der Waals surface area contributed by atoms with E-state index in [0.29, 0.717) is 34.1 Å². The zero-order valence-corrected chi connectivity index (χ0v) is 15.0. The molecule has 1 N–H and O–H groups in total. The molecule has 140 valence electrons.